The van der Waals surface area contributed by atoms with Crippen molar-refractivity contribution in [1.29, 1.82) is 0 Å². The number of benzene rings is 2. The van der Waals surface area contributed by atoms with Crippen LogP contribution in [0.3, 0.4) is 0 Å². The molecule has 0 aromatic heterocycles. The van der Waals surface area contributed by atoms with Crippen LogP contribution in [0, 0.1) is 0 Å². The van der Waals surface area contributed by atoms with E-state index in [9.17, 15) is 8.78 Å². The molecule has 0 bridgehead atoms. The minimum atomic E-state index is -2.69. The molecular formula is C13H9Cl2F2NO. The number of anilines is 1. The largest absolute Gasteiger partial charge is 0.455 e. The van der Waals surface area contributed by atoms with E-state index in [4.69, 9.17) is 33.7 Å². The summed E-state index contributed by atoms with van der Waals surface area (Å²) in [5.41, 5.74) is 5.43. The topological polar surface area (TPSA) is 35.2 Å². The standard InChI is InChI=1S/C13H9Cl2F2NO/c14-7-1-3-12(10(15)5-7)19-11-4-2-8(18)6-9(11)13(16)17/h1-6,13H,18H2. The van der Waals surface area contributed by atoms with Crippen LogP contribution >= 0.6 is 23.2 Å². The lowest BCUT2D eigenvalue weighted by Crippen LogP contribution is -1.95. The second-order valence-corrected chi connectivity index (χ2v) is 4.62. The number of nitrogens with two attached hydrogens (primary N) is 1. The van der Waals surface area contributed by atoms with Crippen molar-refractivity contribution in [3.8, 4) is 11.5 Å². The lowest BCUT2D eigenvalue weighted by molar-refractivity contribution is 0.148. The fraction of sp³-hybridized carbons (Fsp3) is 0.0769. The van der Waals surface area contributed by atoms with E-state index in [1.165, 1.54) is 30.3 Å². The molecule has 0 aliphatic heterocycles. The van der Waals surface area contributed by atoms with Crippen molar-refractivity contribution >= 4 is 28.9 Å². The predicted molar refractivity (Wildman–Crippen MR) is 72.3 cm³/mol. The average Bonchev–Trinajstić information content (AvgIpc) is 2.34. The molecule has 0 amide bonds. The van der Waals surface area contributed by atoms with Gasteiger partial charge < -0.3 is 10.5 Å². The van der Waals surface area contributed by atoms with Crippen LogP contribution in [0.4, 0.5) is 14.5 Å². The molecular weight excluding hydrogens is 295 g/mol. The minimum absolute atomic E-state index is 0.00780. The summed E-state index contributed by atoms with van der Waals surface area (Å²) in [6, 6.07) is 8.56. The van der Waals surface area contributed by atoms with Crippen molar-refractivity contribution in [2.24, 2.45) is 0 Å². The summed E-state index contributed by atoms with van der Waals surface area (Å²) in [6.45, 7) is 0. The normalized spacial score (nSPS) is 10.8. The maximum atomic E-state index is 12.9. The number of hydrogen-bond donors (Lipinski definition) is 1. The van der Waals surface area contributed by atoms with E-state index in [2.05, 4.69) is 0 Å². The highest BCUT2D eigenvalue weighted by Crippen LogP contribution is 2.37. The highest BCUT2D eigenvalue weighted by atomic mass is 35.5. The molecule has 2 aromatic carbocycles. The van der Waals surface area contributed by atoms with Gasteiger partial charge in [0.1, 0.15) is 11.5 Å². The van der Waals surface area contributed by atoms with Crippen molar-refractivity contribution in [2.75, 3.05) is 5.73 Å². The van der Waals surface area contributed by atoms with Gasteiger partial charge in [0.05, 0.1) is 10.6 Å². The molecule has 0 fully saturated rings. The molecule has 0 unspecified atom stereocenters. The molecule has 0 aliphatic carbocycles. The Kier molecular flexibility index (Phi) is 4.12. The Bertz CT molecular complexity index is 605. The number of rotatable bonds is 3. The van der Waals surface area contributed by atoms with Crippen molar-refractivity contribution in [2.45, 2.75) is 6.43 Å². The highest BCUT2D eigenvalue weighted by Gasteiger charge is 2.16. The minimum Gasteiger partial charge on any atom is -0.455 e. The van der Waals surface area contributed by atoms with E-state index in [1.54, 1.807) is 6.07 Å². The summed E-state index contributed by atoms with van der Waals surface area (Å²) < 4.78 is 31.2. The molecule has 0 spiro atoms. The molecule has 2 N–H and O–H groups in total. The van der Waals surface area contributed by atoms with Crippen molar-refractivity contribution in [3.63, 3.8) is 0 Å². The van der Waals surface area contributed by atoms with Gasteiger partial charge in [-0.1, -0.05) is 23.2 Å². The summed E-state index contributed by atoms with van der Waals surface area (Å²) in [5, 5.41) is 0.674. The number of nitrogen functional groups attached to an aromatic ring is 1. The van der Waals surface area contributed by atoms with Crippen LogP contribution in [0.15, 0.2) is 36.4 Å². The first-order valence-corrected chi connectivity index (χ1v) is 6.03. The highest BCUT2D eigenvalue weighted by molar-refractivity contribution is 6.35. The zero-order valence-electron chi connectivity index (χ0n) is 9.54. The number of ether oxygens (including phenoxy) is 1. The summed E-state index contributed by atoms with van der Waals surface area (Å²) in [4.78, 5) is 0. The van der Waals surface area contributed by atoms with Crippen LogP contribution in [0.1, 0.15) is 12.0 Å². The molecule has 100 valence electrons. The molecule has 6 heteroatoms. The van der Waals surface area contributed by atoms with E-state index in [1.807, 2.05) is 0 Å². The van der Waals surface area contributed by atoms with Crippen LogP contribution < -0.4 is 10.5 Å². The third-order valence-electron chi connectivity index (χ3n) is 2.38. The molecule has 0 saturated heterocycles. The second-order valence-electron chi connectivity index (χ2n) is 3.77. The van der Waals surface area contributed by atoms with E-state index >= 15 is 0 Å². The smallest absolute Gasteiger partial charge is 0.267 e. The fourth-order valence-electron chi connectivity index (χ4n) is 1.51. The Labute approximate surface area is 118 Å². The van der Waals surface area contributed by atoms with E-state index < -0.39 is 6.43 Å². The monoisotopic (exact) mass is 303 g/mol. The number of alkyl halides is 2. The molecule has 0 heterocycles. The molecule has 2 aromatic rings. The average molecular weight is 304 g/mol. The molecule has 0 radical (unpaired) electrons. The maximum Gasteiger partial charge on any atom is 0.267 e. The molecule has 19 heavy (non-hydrogen) atoms. The first-order chi connectivity index (χ1) is 8.97. The molecule has 2 nitrogen and oxygen atoms in total. The molecule has 0 saturated carbocycles. The van der Waals surface area contributed by atoms with E-state index in [0.29, 0.717) is 5.02 Å². The van der Waals surface area contributed by atoms with Gasteiger partial charge in [0.15, 0.2) is 0 Å². The maximum absolute atomic E-state index is 12.9. The summed E-state index contributed by atoms with van der Waals surface area (Å²) in [5.74, 6) is 0.256. The first-order valence-electron chi connectivity index (χ1n) is 5.28. The van der Waals surface area contributed by atoms with Gasteiger partial charge in [0.25, 0.3) is 6.43 Å². The summed E-state index contributed by atoms with van der Waals surface area (Å²) in [6.07, 6.45) is -2.69. The number of hydrogen-bond acceptors (Lipinski definition) is 2. The van der Waals surface area contributed by atoms with Gasteiger partial charge in [0, 0.05) is 10.7 Å². The Hall–Kier alpha value is -1.52. The van der Waals surface area contributed by atoms with Crippen LogP contribution in [-0.2, 0) is 0 Å². The van der Waals surface area contributed by atoms with Gasteiger partial charge in [0.2, 0.25) is 0 Å². The molecule has 0 atom stereocenters. The Morgan fingerprint density at radius 1 is 1.00 bits per heavy atom. The SMILES string of the molecule is Nc1ccc(Oc2ccc(Cl)cc2Cl)c(C(F)F)c1. The second kappa shape index (κ2) is 5.63. The fourth-order valence-corrected chi connectivity index (χ4v) is 1.95. The van der Waals surface area contributed by atoms with E-state index in [-0.39, 0.29) is 27.8 Å². The zero-order valence-corrected chi connectivity index (χ0v) is 11.1. The number of halogens is 4. The first kappa shape index (κ1) is 13.9. The molecule has 2 rings (SSSR count). The quantitative estimate of drug-likeness (QED) is 0.780. The van der Waals surface area contributed by atoms with Crippen LogP contribution in [-0.4, -0.2) is 0 Å². The van der Waals surface area contributed by atoms with Crippen molar-refractivity contribution in [3.05, 3.63) is 52.0 Å². The molecule has 0 aliphatic rings. The summed E-state index contributed by atoms with van der Waals surface area (Å²) >= 11 is 11.7. The van der Waals surface area contributed by atoms with Crippen LogP contribution in [0.25, 0.3) is 0 Å². The Balaban J connectivity index is 2.38. The third-order valence-corrected chi connectivity index (χ3v) is 2.91. The van der Waals surface area contributed by atoms with Gasteiger partial charge >= 0.3 is 0 Å². The third kappa shape index (κ3) is 3.28. The van der Waals surface area contributed by atoms with Crippen molar-refractivity contribution < 1.29 is 13.5 Å². The van der Waals surface area contributed by atoms with Gasteiger partial charge in [-0.3, -0.25) is 0 Å². The summed E-state index contributed by atoms with van der Waals surface area (Å²) in [7, 11) is 0. The van der Waals surface area contributed by atoms with Crippen LogP contribution in [0.2, 0.25) is 10.0 Å². The van der Waals surface area contributed by atoms with Crippen molar-refractivity contribution in [1.82, 2.24) is 0 Å². The van der Waals surface area contributed by atoms with Gasteiger partial charge in [-0.2, -0.15) is 0 Å². The lowest BCUT2D eigenvalue weighted by atomic mass is 10.2. The van der Waals surface area contributed by atoms with Gasteiger partial charge in [-0.05, 0) is 36.4 Å². The Morgan fingerprint density at radius 2 is 1.68 bits per heavy atom. The van der Waals surface area contributed by atoms with E-state index in [0.717, 1.165) is 0 Å². The Morgan fingerprint density at radius 3 is 2.32 bits per heavy atom. The predicted octanol–water partition coefficient (Wildman–Crippen LogP) is 5.31. The van der Waals surface area contributed by atoms with Gasteiger partial charge in [-0.25, -0.2) is 8.78 Å². The lowest BCUT2D eigenvalue weighted by Gasteiger charge is -2.12. The zero-order chi connectivity index (χ0) is 14.0. The van der Waals surface area contributed by atoms with Crippen LogP contribution in [0.5, 0.6) is 11.5 Å². The van der Waals surface area contributed by atoms with Gasteiger partial charge in [-0.15, -0.1) is 0 Å².